The topological polar surface area (TPSA) is 60.2 Å². The van der Waals surface area contributed by atoms with Crippen molar-refractivity contribution in [2.24, 2.45) is 0 Å². The molecule has 1 aromatic carbocycles. The van der Waals surface area contributed by atoms with Crippen LogP contribution in [0.25, 0.3) is 11.3 Å². The molecule has 0 bridgehead atoms. The van der Waals surface area contributed by atoms with Gasteiger partial charge in [-0.1, -0.05) is 0 Å². The van der Waals surface area contributed by atoms with E-state index in [1.807, 2.05) is 29.6 Å². The summed E-state index contributed by atoms with van der Waals surface area (Å²) in [6, 6.07) is 12.4. The van der Waals surface area contributed by atoms with Gasteiger partial charge in [-0.15, -0.1) is 11.3 Å². The van der Waals surface area contributed by atoms with Crippen LogP contribution in [0.15, 0.2) is 70.9 Å². The number of ether oxygens (including phenoxy) is 1. The first-order valence-electron chi connectivity index (χ1n) is 8.85. The minimum absolute atomic E-state index is 0.236. The summed E-state index contributed by atoms with van der Waals surface area (Å²) in [6.45, 7) is 0.422. The molecule has 0 saturated carbocycles. The molecule has 4 aromatic rings. The van der Waals surface area contributed by atoms with Gasteiger partial charge in [-0.05, 0) is 42.8 Å². The summed E-state index contributed by atoms with van der Waals surface area (Å²) < 4.78 is 25.1. The third-order valence-electron chi connectivity index (χ3n) is 4.05. The van der Waals surface area contributed by atoms with Crippen LogP contribution < -0.4 is 10.1 Å². The molecule has 5 nitrogen and oxygen atoms in total. The zero-order valence-corrected chi connectivity index (χ0v) is 15.8. The molecule has 3 heterocycles. The van der Waals surface area contributed by atoms with Crippen LogP contribution in [0.3, 0.4) is 0 Å². The van der Waals surface area contributed by atoms with Gasteiger partial charge in [-0.25, -0.2) is 9.37 Å². The fourth-order valence-corrected chi connectivity index (χ4v) is 3.42. The largest absolute Gasteiger partial charge is 0.491 e. The number of anilines is 2. The SMILES string of the molecule is Fc1cc(Nc2nc(-c3cccnc3)cs2)ccc1OCCCc1ccco1. The lowest BCUT2D eigenvalue weighted by Gasteiger charge is -2.09. The number of hydrogen-bond donors (Lipinski definition) is 1. The van der Waals surface area contributed by atoms with E-state index in [1.54, 1.807) is 30.8 Å². The number of nitrogens with one attached hydrogen (secondary N) is 1. The first-order valence-corrected chi connectivity index (χ1v) is 9.73. The van der Waals surface area contributed by atoms with Gasteiger partial charge in [-0.2, -0.15) is 0 Å². The van der Waals surface area contributed by atoms with Crippen molar-refractivity contribution >= 4 is 22.2 Å². The van der Waals surface area contributed by atoms with Gasteiger partial charge in [-0.3, -0.25) is 4.98 Å². The lowest BCUT2D eigenvalue weighted by molar-refractivity contribution is 0.292. The maximum Gasteiger partial charge on any atom is 0.187 e. The number of rotatable bonds is 8. The molecule has 28 heavy (non-hydrogen) atoms. The van der Waals surface area contributed by atoms with Crippen LogP contribution >= 0.6 is 11.3 Å². The molecule has 0 saturated heterocycles. The average Bonchev–Trinajstić information content (AvgIpc) is 3.39. The lowest BCUT2D eigenvalue weighted by atomic mass is 10.2. The van der Waals surface area contributed by atoms with Crippen LogP contribution in [0.5, 0.6) is 5.75 Å². The minimum atomic E-state index is -0.410. The summed E-state index contributed by atoms with van der Waals surface area (Å²) in [6.07, 6.45) is 6.64. The lowest BCUT2D eigenvalue weighted by Crippen LogP contribution is -2.01. The number of nitrogens with zero attached hydrogens (tertiary/aromatic N) is 2. The van der Waals surface area contributed by atoms with Crippen molar-refractivity contribution in [3.63, 3.8) is 0 Å². The summed E-state index contributed by atoms with van der Waals surface area (Å²) in [5.74, 6) is 0.727. The zero-order chi connectivity index (χ0) is 19.2. The molecule has 0 aliphatic rings. The Balaban J connectivity index is 1.33. The Morgan fingerprint density at radius 2 is 2.14 bits per heavy atom. The first kappa shape index (κ1) is 18.2. The van der Waals surface area contributed by atoms with Gasteiger partial charge in [0, 0.05) is 41.5 Å². The molecule has 0 atom stereocenters. The van der Waals surface area contributed by atoms with Gasteiger partial charge in [0.15, 0.2) is 16.7 Å². The standard InChI is InChI=1S/C21H18FN3O2S/c22-18-12-16(7-8-20(18)27-11-3-6-17-5-2-10-26-17)24-21-25-19(14-28-21)15-4-1-9-23-13-15/h1-2,4-5,7-10,12-14H,3,6,11H2,(H,24,25). The van der Waals surface area contributed by atoms with Crippen molar-refractivity contribution in [2.75, 3.05) is 11.9 Å². The van der Waals surface area contributed by atoms with Gasteiger partial charge >= 0.3 is 0 Å². The summed E-state index contributed by atoms with van der Waals surface area (Å²) in [7, 11) is 0. The van der Waals surface area contributed by atoms with Crippen molar-refractivity contribution in [2.45, 2.75) is 12.8 Å². The Labute approximate surface area is 165 Å². The number of hydrogen-bond acceptors (Lipinski definition) is 6. The summed E-state index contributed by atoms with van der Waals surface area (Å²) in [5, 5.41) is 5.75. The minimum Gasteiger partial charge on any atom is -0.491 e. The second-order valence-electron chi connectivity index (χ2n) is 6.08. The van der Waals surface area contributed by atoms with Crippen LogP contribution in [-0.2, 0) is 6.42 Å². The van der Waals surface area contributed by atoms with Crippen LogP contribution in [0.4, 0.5) is 15.2 Å². The molecule has 0 aliphatic carbocycles. The Morgan fingerprint density at radius 1 is 1.18 bits per heavy atom. The van der Waals surface area contributed by atoms with Gasteiger partial charge in [0.1, 0.15) is 5.76 Å². The normalized spacial score (nSPS) is 10.8. The molecule has 142 valence electrons. The predicted octanol–water partition coefficient (Wildman–Crippen LogP) is 5.69. The monoisotopic (exact) mass is 395 g/mol. The highest BCUT2D eigenvalue weighted by atomic mass is 32.1. The van der Waals surface area contributed by atoms with Crippen molar-refractivity contribution in [3.05, 3.63) is 78.1 Å². The van der Waals surface area contributed by atoms with E-state index >= 15 is 0 Å². The fourth-order valence-electron chi connectivity index (χ4n) is 2.68. The molecule has 0 aliphatic heterocycles. The number of pyridine rings is 1. The molecule has 0 fully saturated rings. The highest BCUT2D eigenvalue weighted by molar-refractivity contribution is 7.14. The summed E-state index contributed by atoms with van der Waals surface area (Å²) in [5.41, 5.74) is 2.39. The summed E-state index contributed by atoms with van der Waals surface area (Å²) >= 11 is 1.45. The fraction of sp³-hybridized carbons (Fsp3) is 0.143. The van der Waals surface area contributed by atoms with Crippen molar-refractivity contribution < 1.29 is 13.5 Å². The third kappa shape index (κ3) is 4.55. The first-order chi connectivity index (χ1) is 13.8. The predicted molar refractivity (Wildman–Crippen MR) is 108 cm³/mol. The van der Waals surface area contributed by atoms with Crippen LogP contribution in [0.2, 0.25) is 0 Å². The second kappa shape index (κ2) is 8.67. The quantitative estimate of drug-likeness (QED) is 0.388. The van der Waals surface area contributed by atoms with E-state index in [9.17, 15) is 4.39 Å². The maximum atomic E-state index is 14.3. The number of thiazole rings is 1. The molecule has 0 spiro atoms. The van der Waals surface area contributed by atoms with E-state index in [4.69, 9.17) is 9.15 Å². The molecular formula is C21H18FN3O2S. The van der Waals surface area contributed by atoms with E-state index in [1.165, 1.54) is 17.4 Å². The number of halogens is 1. The molecular weight excluding hydrogens is 377 g/mol. The van der Waals surface area contributed by atoms with E-state index in [0.717, 1.165) is 29.9 Å². The zero-order valence-electron chi connectivity index (χ0n) is 15.0. The maximum absolute atomic E-state index is 14.3. The smallest absolute Gasteiger partial charge is 0.187 e. The van der Waals surface area contributed by atoms with Crippen LogP contribution in [0.1, 0.15) is 12.2 Å². The molecule has 4 rings (SSSR count). The molecule has 3 aromatic heterocycles. The molecule has 0 radical (unpaired) electrons. The highest BCUT2D eigenvalue weighted by Gasteiger charge is 2.08. The van der Waals surface area contributed by atoms with Gasteiger partial charge in [0.2, 0.25) is 0 Å². The average molecular weight is 395 g/mol. The van der Waals surface area contributed by atoms with Gasteiger partial charge in [0.05, 0.1) is 18.6 Å². The third-order valence-corrected chi connectivity index (χ3v) is 4.81. The van der Waals surface area contributed by atoms with Crippen LogP contribution in [-0.4, -0.2) is 16.6 Å². The van der Waals surface area contributed by atoms with E-state index in [2.05, 4.69) is 15.3 Å². The Morgan fingerprint density at radius 3 is 2.93 bits per heavy atom. The Bertz CT molecular complexity index is 1020. The van der Waals surface area contributed by atoms with E-state index in [-0.39, 0.29) is 5.75 Å². The van der Waals surface area contributed by atoms with Crippen LogP contribution in [0, 0.1) is 5.82 Å². The van der Waals surface area contributed by atoms with Crippen molar-refractivity contribution in [1.82, 2.24) is 9.97 Å². The Kier molecular flexibility index (Phi) is 5.63. The number of benzene rings is 1. The number of aryl methyl sites for hydroxylation is 1. The van der Waals surface area contributed by atoms with Crippen molar-refractivity contribution in [1.29, 1.82) is 0 Å². The summed E-state index contributed by atoms with van der Waals surface area (Å²) in [4.78, 5) is 8.61. The number of aromatic nitrogens is 2. The molecule has 0 unspecified atom stereocenters. The van der Waals surface area contributed by atoms with Crippen molar-refractivity contribution in [3.8, 4) is 17.0 Å². The Hall–Kier alpha value is -3.19. The molecule has 1 N–H and O–H groups in total. The van der Waals surface area contributed by atoms with E-state index < -0.39 is 5.82 Å². The van der Waals surface area contributed by atoms with E-state index in [0.29, 0.717) is 17.4 Å². The van der Waals surface area contributed by atoms with Gasteiger partial charge in [0.25, 0.3) is 0 Å². The molecule has 0 amide bonds. The molecule has 7 heteroatoms. The van der Waals surface area contributed by atoms with Gasteiger partial charge < -0.3 is 14.5 Å². The highest BCUT2D eigenvalue weighted by Crippen LogP contribution is 2.28. The second-order valence-corrected chi connectivity index (χ2v) is 6.94. The number of furan rings is 1.